The van der Waals surface area contributed by atoms with Crippen LogP contribution in [0.25, 0.3) is 0 Å². The maximum atomic E-state index is 10.6. The number of hydrogen-bond donors (Lipinski definition) is 1. The van der Waals surface area contributed by atoms with Crippen LogP contribution in [0.2, 0.25) is 0 Å². The average Bonchev–Trinajstić information content (AvgIpc) is 2.50. The lowest BCUT2D eigenvalue weighted by atomic mass is 10.1. The molecule has 0 aromatic carbocycles. The Kier molecular flexibility index (Phi) is 15.8. The standard InChI is InChI=1S/C19H32O2S/c1-3-4-5-6-7-8-9-10-13-16-22-17-14-11-12-15-18(2)19(20)21/h9-10,12,14,18H,3-8,13,15-17H2,1-2H3,(H,20,21)/b10-9-. The van der Waals surface area contributed by atoms with Crippen LogP contribution in [-0.4, -0.2) is 22.6 Å². The second kappa shape index (κ2) is 16.5. The normalized spacial score (nSPS) is 12.1. The summed E-state index contributed by atoms with van der Waals surface area (Å²) in [5.41, 5.74) is 3.05. The molecule has 0 amide bonds. The largest absolute Gasteiger partial charge is 0.481 e. The molecule has 0 radical (unpaired) electrons. The van der Waals surface area contributed by atoms with Crippen molar-refractivity contribution in [1.29, 1.82) is 0 Å². The van der Waals surface area contributed by atoms with E-state index in [1.807, 2.05) is 23.9 Å². The van der Waals surface area contributed by atoms with Gasteiger partial charge in [-0.2, -0.15) is 11.8 Å². The third-order valence-corrected chi connectivity index (χ3v) is 4.33. The van der Waals surface area contributed by atoms with E-state index in [9.17, 15) is 4.79 Å². The Morgan fingerprint density at radius 2 is 1.86 bits per heavy atom. The first kappa shape index (κ1) is 21.1. The zero-order chi connectivity index (χ0) is 16.5. The molecule has 0 rings (SSSR count). The number of carbonyl (C=O) groups is 1. The van der Waals surface area contributed by atoms with Gasteiger partial charge in [0.25, 0.3) is 0 Å². The first-order valence-corrected chi connectivity index (χ1v) is 9.68. The van der Waals surface area contributed by atoms with Crippen LogP contribution >= 0.6 is 11.8 Å². The number of hydrogen-bond acceptors (Lipinski definition) is 2. The SMILES string of the molecule is CCCCCCC/C=C\CCSCC=C=CCC(C)C(=O)O. The Morgan fingerprint density at radius 3 is 2.59 bits per heavy atom. The molecule has 0 fully saturated rings. The van der Waals surface area contributed by atoms with Gasteiger partial charge >= 0.3 is 5.97 Å². The Hall–Kier alpha value is -0.920. The Labute approximate surface area is 140 Å². The molecule has 0 aliphatic rings. The monoisotopic (exact) mass is 324 g/mol. The molecule has 3 heteroatoms. The first-order valence-electron chi connectivity index (χ1n) is 8.53. The van der Waals surface area contributed by atoms with E-state index in [1.54, 1.807) is 6.92 Å². The Balaban J connectivity index is 3.38. The van der Waals surface area contributed by atoms with Crippen molar-refractivity contribution in [3.63, 3.8) is 0 Å². The molecule has 0 saturated heterocycles. The van der Waals surface area contributed by atoms with Crippen LogP contribution in [0, 0.1) is 5.92 Å². The van der Waals surface area contributed by atoms with Gasteiger partial charge in [-0.3, -0.25) is 4.79 Å². The van der Waals surface area contributed by atoms with Crippen molar-refractivity contribution in [1.82, 2.24) is 0 Å². The van der Waals surface area contributed by atoms with E-state index in [-0.39, 0.29) is 5.92 Å². The van der Waals surface area contributed by atoms with Crippen LogP contribution < -0.4 is 0 Å². The van der Waals surface area contributed by atoms with Gasteiger partial charge in [0.1, 0.15) is 0 Å². The number of carboxylic acid groups (broad SMARTS) is 1. The molecular weight excluding hydrogens is 292 g/mol. The lowest BCUT2D eigenvalue weighted by Gasteiger charge is -1.98. The molecule has 0 bridgehead atoms. The van der Waals surface area contributed by atoms with E-state index in [0.29, 0.717) is 6.42 Å². The fourth-order valence-corrected chi connectivity index (χ4v) is 2.56. The van der Waals surface area contributed by atoms with E-state index in [1.165, 1.54) is 38.5 Å². The minimum absolute atomic E-state index is 0.319. The molecule has 0 aliphatic heterocycles. The molecule has 0 saturated carbocycles. The fraction of sp³-hybridized carbons (Fsp3) is 0.684. The summed E-state index contributed by atoms with van der Waals surface area (Å²) in [7, 11) is 0. The van der Waals surface area contributed by atoms with Crippen LogP contribution in [-0.2, 0) is 4.79 Å². The minimum atomic E-state index is -0.746. The molecular formula is C19H32O2S. The van der Waals surface area contributed by atoms with Crippen molar-refractivity contribution >= 4 is 17.7 Å². The highest BCUT2D eigenvalue weighted by molar-refractivity contribution is 7.99. The molecule has 1 N–H and O–H groups in total. The average molecular weight is 325 g/mol. The van der Waals surface area contributed by atoms with Crippen molar-refractivity contribution in [2.75, 3.05) is 11.5 Å². The molecule has 22 heavy (non-hydrogen) atoms. The van der Waals surface area contributed by atoms with Gasteiger partial charge < -0.3 is 5.11 Å². The summed E-state index contributed by atoms with van der Waals surface area (Å²) in [5.74, 6) is 1.02. The number of aliphatic carboxylic acids is 1. The summed E-state index contributed by atoms with van der Waals surface area (Å²) in [5, 5.41) is 8.73. The van der Waals surface area contributed by atoms with Crippen LogP contribution in [0.3, 0.4) is 0 Å². The van der Waals surface area contributed by atoms with Gasteiger partial charge in [-0.1, -0.05) is 51.7 Å². The summed E-state index contributed by atoms with van der Waals surface area (Å²) >= 11 is 1.89. The second-order valence-corrected chi connectivity index (χ2v) is 6.74. The maximum absolute atomic E-state index is 10.6. The van der Waals surface area contributed by atoms with Crippen LogP contribution in [0.4, 0.5) is 0 Å². The highest BCUT2D eigenvalue weighted by Gasteiger charge is 2.06. The van der Waals surface area contributed by atoms with Crippen molar-refractivity contribution in [3.8, 4) is 0 Å². The predicted octanol–water partition coefficient (Wildman–Crippen LogP) is 5.85. The summed E-state index contributed by atoms with van der Waals surface area (Å²) in [6.45, 7) is 3.96. The fourth-order valence-electron chi connectivity index (χ4n) is 1.87. The minimum Gasteiger partial charge on any atom is -0.481 e. The highest BCUT2D eigenvalue weighted by atomic mass is 32.2. The zero-order valence-corrected chi connectivity index (χ0v) is 15.0. The molecule has 0 heterocycles. The Bertz CT molecular complexity index is 354. The first-order chi connectivity index (χ1) is 10.7. The van der Waals surface area contributed by atoms with Gasteiger partial charge in [0.15, 0.2) is 0 Å². The smallest absolute Gasteiger partial charge is 0.306 e. The van der Waals surface area contributed by atoms with Gasteiger partial charge in [0.05, 0.1) is 5.92 Å². The van der Waals surface area contributed by atoms with Gasteiger partial charge in [-0.15, -0.1) is 5.73 Å². The number of thioether (sulfide) groups is 1. The molecule has 1 atom stereocenters. The van der Waals surface area contributed by atoms with Crippen molar-refractivity contribution in [2.24, 2.45) is 5.92 Å². The quantitative estimate of drug-likeness (QED) is 0.247. The zero-order valence-electron chi connectivity index (χ0n) is 14.2. The van der Waals surface area contributed by atoms with Gasteiger partial charge in [0.2, 0.25) is 0 Å². The van der Waals surface area contributed by atoms with Crippen LogP contribution in [0.1, 0.15) is 65.2 Å². The summed E-state index contributed by atoms with van der Waals surface area (Å²) < 4.78 is 0. The van der Waals surface area contributed by atoms with E-state index >= 15 is 0 Å². The summed E-state index contributed by atoms with van der Waals surface area (Å²) in [6, 6.07) is 0. The van der Waals surface area contributed by atoms with Crippen LogP contribution in [0.5, 0.6) is 0 Å². The van der Waals surface area contributed by atoms with Gasteiger partial charge in [-0.25, -0.2) is 0 Å². The lowest BCUT2D eigenvalue weighted by Crippen LogP contribution is -2.07. The van der Waals surface area contributed by atoms with Crippen molar-refractivity contribution in [2.45, 2.75) is 65.2 Å². The third kappa shape index (κ3) is 15.5. The van der Waals surface area contributed by atoms with E-state index in [2.05, 4.69) is 24.8 Å². The Morgan fingerprint density at radius 1 is 1.14 bits per heavy atom. The number of rotatable bonds is 14. The van der Waals surface area contributed by atoms with Gasteiger partial charge in [-0.05, 0) is 43.6 Å². The van der Waals surface area contributed by atoms with E-state index < -0.39 is 5.97 Å². The van der Waals surface area contributed by atoms with Crippen molar-refractivity contribution < 1.29 is 9.90 Å². The van der Waals surface area contributed by atoms with Crippen LogP contribution in [0.15, 0.2) is 30.0 Å². The molecule has 0 aromatic rings. The molecule has 1 unspecified atom stereocenters. The topological polar surface area (TPSA) is 37.3 Å². The lowest BCUT2D eigenvalue weighted by molar-refractivity contribution is -0.140. The third-order valence-electron chi connectivity index (χ3n) is 3.40. The number of carboxylic acids is 1. The number of unbranched alkanes of at least 4 members (excludes halogenated alkanes) is 5. The highest BCUT2D eigenvalue weighted by Crippen LogP contribution is 2.07. The second-order valence-electron chi connectivity index (χ2n) is 5.59. The summed E-state index contributed by atoms with van der Waals surface area (Å²) in [4.78, 5) is 10.6. The molecule has 2 nitrogen and oxygen atoms in total. The van der Waals surface area contributed by atoms with E-state index in [4.69, 9.17) is 5.11 Å². The van der Waals surface area contributed by atoms with E-state index in [0.717, 1.165) is 17.9 Å². The number of allylic oxidation sites excluding steroid dienone is 2. The summed E-state index contributed by atoms with van der Waals surface area (Å²) in [6.07, 6.45) is 18.1. The van der Waals surface area contributed by atoms with Gasteiger partial charge in [0, 0.05) is 5.75 Å². The van der Waals surface area contributed by atoms with Crippen molar-refractivity contribution in [3.05, 3.63) is 30.0 Å². The molecule has 0 aliphatic carbocycles. The molecule has 126 valence electrons. The predicted molar refractivity (Wildman–Crippen MR) is 98.5 cm³/mol. The maximum Gasteiger partial charge on any atom is 0.306 e. The molecule has 0 spiro atoms. The molecule has 0 aromatic heterocycles.